The minimum atomic E-state index is -1.08. The molecule has 4 heterocycles. The summed E-state index contributed by atoms with van der Waals surface area (Å²) >= 11 is 0. The number of rotatable bonds is 8. The minimum Gasteiger partial charge on any atom is -0.378 e. The van der Waals surface area contributed by atoms with Gasteiger partial charge in [0.25, 0.3) is 5.91 Å². The summed E-state index contributed by atoms with van der Waals surface area (Å²) in [5, 5.41) is 10.3. The van der Waals surface area contributed by atoms with E-state index in [4.69, 9.17) is 4.74 Å². The summed E-state index contributed by atoms with van der Waals surface area (Å²) in [5.41, 5.74) is 2.18. The van der Waals surface area contributed by atoms with E-state index in [-0.39, 0.29) is 23.3 Å². The second-order valence-electron chi connectivity index (χ2n) is 10.7. The van der Waals surface area contributed by atoms with Crippen molar-refractivity contribution in [2.75, 3.05) is 31.6 Å². The summed E-state index contributed by atoms with van der Waals surface area (Å²) in [7, 11) is 0. The first kappa shape index (κ1) is 25.8. The molecular formula is C28H31F3N6O2. The normalized spacial score (nSPS) is 23.3. The van der Waals surface area contributed by atoms with Crippen molar-refractivity contribution < 1.29 is 22.7 Å². The van der Waals surface area contributed by atoms with E-state index in [1.807, 2.05) is 0 Å². The Bertz CT molecular complexity index is 1370. The molecule has 1 aromatic carbocycles. The number of aromatic nitrogens is 3. The number of carbonyl (C=O) groups excluding carboxylic acids is 1. The van der Waals surface area contributed by atoms with Gasteiger partial charge in [0.15, 0.2) is 0 Å². The van der Waals surface area contributed by atoms with Gasteiger partial charge in [-0.3, -0.25) is 9.69 Å². The van der Waals surface area contributed by atoms with Crippen molar-refractivity contribution >= 4 is 11.6 Å². The Morgan fingerprint density at radius 3 is 2.69 bits per heavy atom. The van der Waals surface area contributed by atoms with E-state index in [1.165, 1.54) is 29.2 Å². The number of hydrogen-bond donors (Lipinski definition) is 2. The average Bonchev–Trinajstić information content (AvgIpc) is 3.56. The standard InChI is InChI=1S/C28H31F3N6O2/c1-16-8-23(29)22(28(38)35-18-2-3-18)10-26(16)37-13-17(11-33-37)21-9-19(12-32-27(21)31)34-25-4-6-36(15-24(25)30)14-20-5-7-39-20/h8-13,18,20,24-25,34H,2-7,14-15H2,1H3,(H,35,38)/t20?,24-,25+/m1/s1. The average molecular weight is 541 g/mol. The third kappa shape index (κ3) is 5.65. The molecular weight excluding hydrogens is 509 g/mol. The molecule has 11 heteroatoms. The second kappa shape index (κ2) is 10.6. The highest BCUT2D eigenvalue weighted by Gasteiger charge is 2.32. The molecule has 2 aromatic heterocycles. The van der Waals surface area contributed by atoms with Gasteiger partial charge in [-0.2, -0.15) is 9.49 Å². The maximum atomic E-state index is 15.0. The lowest BCUT2D eigenvalue weighted by Crippen LogP contribution is -2.51. The van der Waals surface area contributed by atoms with E-state index in [0.717, 1.165) is 39.0 Å². The maximum absolute atomic E-state index is 15.0. The van der Waals surface area contributed by atoms with Gasteiger partial charge in [0.1, 0.15) is 12.0 Å². The Labute approximate surface area is 224 Å². The third-order valence-corrected chi connectivity index (χ3v) is 7.66. The first-order valence-electron chi connectivity index (χ1n) is 13.4. The molecule has 3 aromatic rings. The molecule has 3 fully saturated rings. The largest absolute Gasteiger partial charge is 0.378 e. The summed E-state index contributed by atoms with van der Waals surface area (Å²) in [6.45, 7) is 4.32. The number of benzene rings is 1. The van der Waals surface area contributed by atoms with Gasteiger partial charge < -0.3 is 15.4 Å². The minimum absolute atomic E-state index is 0.0642. The fourth-order valence-electron chi connectivity index (χ4n) is 5.12. The van der Waals surface area contributed by atoms with Crippen LogP contribution in [0.4, 0.5) is 18.9 Å². The number of hydrogen-bond acceptors (Lipinski definition) is 6. The molecule has 2 aliphatic heterocycles. The van der Waals surface area contributed by atoms with E-state index >= 15 is 0 Å². The molecule has 8 nitrogen and oxygen atoms in total. The summed E-state index contributed by atoms with van der Waals surface area (Å²) in [6.07, 6.45) is 6.99. The smallest absolute Gasteiger partial charge is 0.254 e. The topological polar surface area (TPSA) is 84.3 Å². The molecule has 2 N–H and O–H groups in total. The zero-order chi connectivity index (χ0) is 27.1. The van der Waals surface area contributed by atoms with Crippen molar-refractivity contribution in [2.45, 2.75) is 57.0 Å². The molecule has 3 atom stereocenters. The zero-order valence-electron chi connectivity index (χ0n) is 21.7. The van der Waals surface area contributed by atoms with Gasteiger partial charge in [-0.15, -0.1) is 0 Å². The summed E-state index contributed by atoms with van der Waals surface area (Å²) in [5.74, 6) is -1.76. The molecule has 3 aliphatic rings. The second-order valence-corrected chi connectivity index (χ2v) is 10.7. The van der Waals surface area contributed by atoms with Gasteiger partial charge in [-0.05, 0) is 56.4 Å². The van der Waals surface area contributed by atoms with Crippen LogP contribution in [0.3, 0.4) is 0 Å². The van der Waals surface area contributed by atoms with Crippen LogP contribution in [0.1, 0.15) is 41.6 Å². The molecule has 39 heavy (non-hydrogen) atoms. The molecule has 1 unspecified atom stereocenters. The fourth-order valence-corrected chi connectivity index (χ4v) is 5.12. The highest BCUT2D eigenvalue weighted by Crippen LogP contribution is 2.29. The van der Waals surface area contributed by atoms with E-state index in [1.54, 1.807) is 19.2 Å². The van der Waals surface area contributed by atoms with Gasteiger partial charge in [-0.25, -0.2) is 18.4 Å². The Morgan fingerprint density at radius 2 is 1.97 bits per heavy atom. The molecule has 0 radical (unpaired) electrons. The Balaban J connectivity index is 1.18. The van der Waals surface area contributed by atoms with Crippen molar-refractivity contribution in [1.82, 2.24) is 25.0 Å². The molecule has 6 rings (SSSR count). The summed E-state index contributed by atoms with van der Waals surface area (Å²) in [4.78, 5) is 18.5. The van der Waals surface area contributed by atoms with Gasteiger partial charge >= 0.3 is 0 Å². The lowest BCUT2D eigenvalue weighted by atomic mass is 10.0. The van der Waals surface area contributed by atoms with Crippen LogP contribution in [-0.2, 0) is 4.74 Å². The van der Waals surface area contributed by atoms with Crippen LogP contribution in [0, 0.1) is 18.7 Å². The van der Waals surface area contributed by atoms with Gasteiger partial charge in [0.05, 0.1) is 41.5 Å². The van der Waals surface area contributed by atoms with Crippen LogP contribution in [0.25, 0.3) is 16.8 Å². The highest BCUT2D eigenvalue weighted by molar-refractivity contribution is 5.95. The van der Waals surface area contributed by atoms with Crippen LogP contribution in [0.15, 0.2) is 36.8 Å². The first-order chi connectivity index (χ1) is 18.8. The zero-order valence-corrected chi connectivity index (χ0v) is 21.7. The van der Waals surface area contributed by atoms with Crippen molar-refractivity contribution in [3.8, 4) is 16.8 Å². The molecule has 2 saturated heterocycles. The van der Waals surface area contributed by atoms with E-state index in [2.05, 4.69) is 25.6 Å². The number of anilines is 1. The predicted octanol–water partition coefficient (Wildman–Crippen LogP) is 4.03. The molecule has 1 saturated carbocycles. The van der Waals surface area contributed by atoms with Crippen molar-refractivity contribution in [3.05, 3.63) is 59.7 Å². The number of nitrogens with one attached hydrogen (secondary N) is 2. The molecule has 1 aliphatic carbocycles. The number of amides is 1. The SMILES string of the molecule is Cc1cc(F)c(C(=O)NC2CC2)cc1-n1cc(-c2cc(N[C@H]3CCN(CC4CCO4)C[C@H]3F)cnc2F)cn1. The number of ether oxygens (including phenoxy) is 1. The third-order valence-electron chi connectivity index (χ3n) is 7.66. The van der Waals surface area contributed by atoms with Crippen LogP contribution in [0.2, 0.25) is 0 Å². The number of carbonyl (C=O) groups is 1. The monoisotopic (exact) mass is 540 g/mol. The Hall–Kier alpha value is -3.44. The molecule has 0 bridgehead atoms. The van der Waals surface area contributed by atoms with E-state index in [0.29, 0.717) is 35.5 Å². The lowest BCUT2D eigenvalue weighted by Gasteiger charge is -2.39. The summed E-state index contributed by atoms with van der Waals surface area (Å²) in [6, 6.07) is 4.03. The number of likely N-dealkylation sites (tertiary alicyclic amines) is 1. The lowest BCUT2D eigenvalue weighted by molar-refractivity contribution is -0.0722. The number of halogens is 3. The Morgan fingerprint density at radius 1 is 1.15 bits per heavy atom. The van der Waals surface area contributed by atoms with Crippen LogP contribution in [-0.4, -0.2) is 76.2 Å². The summed E-state index contributed by atoms with van der Waals surface area (Å²) < 4.78 is 51.3. The first-order valence-corrected chi connectivity index (χ1v) is 13.4. The molecule has 0 spiro atoms. The number of aryl methyl sites for hydroxylation is 1. The predicted molar refractivity (Wildman–Crippen MR) is 140 cm³/mol. The molecule has 206 valence electrons. The van der Waals surface area contributed by atoms with E-state index < -0.39 is 29.9 Å². The van der Waals surface area contributed by atoms with E-state index in [9.17, 15) is 18.0 Å². The van der Waals surface area contributed by atoms with Gasteiger partial charge in [-0.1, -0.05) is 0 Å². The maximum Gasteiger partial charge on any atom is 0.254 e. The van der Waals surface area contributed by atoms with Gasteiger partial charge in [0, 0.05) is 49.6 Å². The number of pyridine rings is 1. The number of alkyl halides is 1. The van der Waals surface area contributed by atoms with Crippen LogP contribution >= 0.6 is 0 Å². The number of piperidine rings is 1. The quantitative estimate of drug-likeness (QED) is 0.420. The van der Waals surface area contributed by atoms with Gasteiger partial charge in [0.2, 0.25) is 5.95 Å². The van der Waals surface area contributed by atoms with Crippen molar-refractivity contribution in [2.24, 2.45) is 0 Å². The number of nitrogens with zero attached hydrogens (tertiary/aromatic N) is 4. The van der Waals surface area contributed by atoms with Crippen LogP contribution in [0.5, 0.6) is 0 Å². The van der Waals surface area contributed by atoms with Crippen molar-refractivity contribution in [3.63, 3.8) is 0 Å². The highest BCUT2D eigenvalue weighted by atomic mass is 19.1. The van der Waals surface area contributed by atoms with Crippen molar-refractivity contribution in [1.29, 1.82) is 0 Å². The fraction of sp³-hybridized carbons (Fsp3) is 0.464. The van der Waals surface area contributed by atoms with Crippen LogP contribution < -0.4 is 10.6 Å². The molecule has 1 amide bonds. The Kier molecular flexibility index (Phi) is 7.03.